The van der Waals surface area contributed by atoms with Gasteiger partial charge in [-0.25, -0.2) is 4.98 Å². The van der Waals surface area contributed by atoms with Crippen molar-refractivity contribution in [1.29, 1.82) is 0 Å². The van der Waals surface area contributed by atoms with Gasteiger partial charge in [0.15, 0.2) is 0 Å². The summed E-state index contributed by atoms with van der Waals surface area (Å²) in [5.41, 5.74) is 8.03. The summed E-state index contributed by atoms with van der Waals surface area (Å²) in [7, 11) is 0. The van der Waals surface area contributed by atoms with Gasteiger partial charge in [-0.15, -0.1) is 11.3 Å². The monoisotopic (exact) mass is 246 g/mol. The van der Waals surface area contributed by atoms with Gasteiger partial charge in [-0.3, -0.25) is 9.97 Å². The number of hydrogen-bond donors (Lipinski definition) is 1. The fourth-order valence-electron chi connectivity index (χ4n) is 1.84. The van der Waals surface area contributed by atoms with E-state index in [4.69, 9.17) is 10.7 Å². The van der Waals surface area contributed by atoms with Gasteiger partial charge in [0.2, 0.25) is 0 Å². The molecule has 1 unspecified atom stereocenters. The Hall–Kier alpha value is -1.33. The third-order valence-electron chi connectivity index (χ3n) is 2.84. The van der Waals surface area contributed by atoms with Crippen LogP contribution in [0.1, 0.15) is 42.3 Å². The second-order valence-corrected chi connectivity index (χ2v) is 5.45. The van der Waals surface area contributed by atoms with E-state index in [2.05, 4.69) is 9.97 Å². The van der Waals surface area contributed by atoms with E-state index < -0.39 is 0 Å². The minimum Gasteiger partial charge on any atom is -0.323 e. The number of rotatable bonds is 3. The average Bonchev–Trinajstić information content (AvgIpc) is 3.09. The molecule has 0 aromatic carbocycles. The zero-order valence-electron chi connectivity index (χ0n) is 9.63. The molecule has 0 saturated heterocycles. The fraction of sp³-hybridized carbons (Fsp3) is 0.417. The van der Waals surface area contributed by atoms with Crippen molar-refractivity contribution >= 4 is 11.3 Å². The van der Waals surface area contributed by atoms with Crippen molar-refractivity contribution < 1.29 is 0 Å². The molecule has 2 heterocycles. The Labute approximate surface area is 104 Å². The molecule has 0 bridgehead atoms. The molecule has 0 amide bonds. The summed E-state index contributed by atoms with van der Waals surface area (Å²) in [6.07, 6.45) is 7.59. The Morgan fingerprint density at radius 2 is 2.24 bits per heavy atom. The van der Waals surface area contributed by atoms with Gasteiger partial charge in [0.1, 0.15) is 10.7 Å². The van der Waals surface area contributed by atoms with Crippen LogP contribution in [0, 0.1) is 0 Å². The fourth-order valence-corrected chi connectivity index (χ4v) is 2.90. The highest BCUT2D eigenvalue weighted by Crippen LogP contribution is 2.45. The molecular weight excluding hydrogens is 232 g/mol. The molecule has 5 heteroatoms. The summed E-state index contributed by atoms with van der Waals surface area (Å²) in [5, 5.41) is 0.937. The van der Waals surface area contributed by atoms with Crippen LogP contribution >= 0.6 is 11.3 Å². The van der Waals surface area contributed by atoms with Crippen molar-refractivity contribution in [3.63, 3.8) is 0 Å². The van der Waals surface area contributed by atoms with Crippen molar-refractivity contribution in [3.05, 3.63) is 29.2 Å². The minimum absolute atomic E-state index is 0.0496. The van der Waals surface area contributed by atoms with Gasteiger partial charge in [-0.05, 0) is 19.8 Å². The highest BCUT2D eigenvalue weighted by molar-refractivity contribution is 7.15. The number of thiazole rings is 1. The lowest BCUT2D eigenvalue weighted by atomic mass is 10.2. The van der Waals surface area contributed by atoms with Crippen LogP contribution in [0.5, 0.6) is 0 Å². The van der Waals surface area contributed by atoms with Crippen LogP contribution < -0.4 is 5.73 Å². The van der Waals surface area contributed by atoms with E-state index in [1.807, 2.05) is 6.92 Å². The van der Waals surface area contributed by atoms with Crippen molar-refractivity contribution in [3.8, 4) is 10.7 Å². The molecule has 1 aliphatic carbocycles. The predicted molar refractivity (Wildman–Crippen MR) is 67.7 cm³/mol. The largest absolute Gasteiger partial charge is 0.323 e. The molecule has 2 aromatic rings. The molecule has 88 valence electrons. The van der Waals surface area contributed by atoms with Crippen molar-refractivity contribution in [2.75, 3.05) is 0 Å². The first-order chi connectivity index (χ1) is 8.25. The van der Waals surface area contributed by atoms with Crippen LogP contribution in [0.4, 0.5) is 0 Å². The van der Waals surface area contributed by atoms with E-state index in [1.54, 1.807) is 29.9 Å². The Bertz CT molecular complexity index is 497. The maximum atomic E-state index is 6.01. The molecule has 2 aromatic heterocycles. The quantitative estimate of drug-likeness (QED) is 0.903. The van der Waals surface area contributed by atoms with E-state index in [0.29, 0.717) is 5.92 Å². The van der Waals surface area contributed by atoms with Crippen LogP contribution in [0.15, 0.2) is 18.6 Å². The standard InChI is InChI=1S/C12H14N4S/c1-7(13)11-10(8-2-3-8)16-12(17-11)9-6-14-4-5-15-9/h4-8H,2-3,13H2,1H3. The van der Waals surface area contributed by atoms with Gasteiger partial charge in [0.05, 0.1) is 11.9 Å². The third-order valence-corrected chi connectivity index (χ3v) is 4.14. The molecule has 0 spiro atoms. The predicted octanol–water partition coefficient (Wildman–Crippen LogP) is 2.50. The molecule has 4 nitrogen and oxygen atoms in total. The maximum absolute atomic E-state index is 6.01. The van der Waals surface area contributed by atoms with Gasteiger partial charge in [-0.2, -0.15) is 0 Å². The second-order valence-electron chi connectivity index (χ2n) is 4.42. The van der Waals surface area contributed by atoms with Crippen LogP contribution in [-0.2, 0) is 0 Å². The van der Waals surface area contributed by atoms with Gasteiger partial charge in [-0.1, -0.05) is 0 Å². The Morgan fingerprint density at radius 3 is 2.82 bits per heavy atom. The summed E-state index contributed by atoms with van der Waals surface area (Å²) < 4.78 is 0. The summed E-state index contributed by atoms with van der Waals surface area (Å²) in [5.74, 6) is 0.623. The molecule has 3 rings (SSSR count). The van der Waals surface area contributed by atoms with Gasteiger partial charge in [0.25, 0.3) is 0 Å². The van der Waals surface area contributed by atoms with Gasteiger partial charge in [0, 0.05) is 29.2 Å². The third kappa shape index (κ3) is 2.08. The van der Waals surface area contributed by atoms with Crippen molar-refractivity contribution in [2.24, 2.45) is 5.73 Å². The van der Waals surface area contributed by atoms with Crippen LogP contribution in [0.25, 0.3) is 10.7 Å². The van der Waals surface area contributed by atoms with E-state index in [9.17, 15) is 0 Å². The van der Waals surface area contributed by atoms with Gasteiger partial charge >= 0.3 is 0 Å². The summed E-state index contributed by atoms with van der Waals surface area (Å²) in [6, 6.07) is 0.0496. The molecule has 17 heavy (non-hydrogen) atoms. The second kappa shape index (κ2) is 4.16. The van der Waals surface area contributed by atoms with E-state index in [0.717, 1.165) is 10.7 Å². The number of hydrogen-bond acceptors (Lipinski definition) is 5. The Balaban J connectivity index is 2.04. The zero-order valence-corrected chi connectivity index (χ0v) is 10.4. The van der Waals surface area contributed by atoms with E-state index >= 15 is 0 Å². The highest BCUT2D eigenvalue weighted by atomic mass is 32.1. The molecule has 0 aliphatic heterocycles. The number of nitrogens with zero attached hydrogens (tertiary/aromatic N) is 3. The lowest BCUT2D eigenvalue weighted by Gasteiger charge is -2.02. The summed E-state index contributed by atoms with van der Waals surface area (Å²) in [4.78, 5) is 14.3. The molecule has 1 aliphatic rings. The maximum Gasteiger partial charge on any atom is 0.144 e. The number of nitrogens with two attached hydrogens (primary N) is 1. The van der Waals surface area contributed by atoms with Crippen LogP contribution in [0.2, 0.25) is 0 Å². The van der Waals surface area contributed by atoms with Crippen LogP contribution in [-0.4, -0.2) is 15.0 Å². The average molecular weight is 246 g/mol. The Morgan fingerprint density at radius 1 is 1.41 bits per heavy atom. The molecule has 1 saturated carbocycles. The first kappa shape index (κ1) is 10.8. The molecule has 0 radical (unpaired) electrons. The summed E-state index contributed by atoms with van der Waals surface area (Å²) in [6.45, 7) is 2.01. The first-order valence-electron chi connectivity index (χ1n) is 5.78. The molecule has 1 fully saturated rings. The zero-order chi connectivity index (χ0) is 11.8. The highest BCUT2D eigenvalue weighted by Gasteiger charge is 2.30. The van der Waals surface area contributed by atoms with E-state index in [1.165, 1.54) is 23.4 Å². The van der Waals surface area contributed by atoms with Crippen molar-refractivity contribution in [2.45, 2.75) is 31.7 Å². The van der Waals surface area contributed by atoms with E-state index in [-0.39, 0.29) is 6.04 Å². The first-order valence-corrected chi connectivity index (χ1v) is 6.60. The summed E-state index contributed by atoms with van der Waals surface area (Å²) >= 11 is 1.65. The lowest BCUT2D eigenvalue weighted by Crippen LogP contribution is -2.05. The molecule has 2 N–H and O–H groups in total. The Kier molecular flexibility index (Phi) is 2.64. The molecular formula is C12H14N4S. The van der Waals surface area contributed by atoms with Crippen molar-refractivity contribution in [1.82, 2.24) is 15.0 Å². The topological polar surface area (TPSA) is 64.7 Å². The van der Waals surface area contributed by atoms with Gasteiger partial charge < -0.3 is 5.73 Å². The smallest absolute Gasteiger partial charge is 0.144 e. The molecule has 1 atom stereocenters. The normalized spacial score (nSPS) is 17.1. The SMILES string of the molecule is CC(N)c1sc(-c2cnccn2)nc1C1CC1. The van der Waals surface area contributed by atoms with Crippen LogP contribution in [0.3, 0.4) is 0 Å². The number of aromatic nitrogens is 3. The minimum atomic E-state index is 0.0496. The lowest BCUT2D eigenvalue weighted by molar-refractivity contribution is 0.811.